The van der Waals surface area contributed by atoms with Gasteiger partial charge in [0.05, 0.1) is 4.90 Å². The lowest BCUT2D eigenvalue weighted by Gasteiger charge is -2.27. The summed E-state index contributed by atoms with van der Waals surface area (Å²) in [4.78, 5) is 0.267. The summed E-state index contributed by atoms with van der Waals surface area (Å²) in [6, 6.07) is 4.71. The van der Waals surface area contributed by atoms with Gasteiger partial charge >= 0.3 is 0 Å². The van der Waals surface area contributed by atoms with E-state index < -0.39 is 10.0 Å². The van der Waals surface area contributed by atoms with Crippen molar-refractivity contribution in [2.24, 2.45) is 0 Å². The second-order valence-electron chi connectivity index (χ2n) is 3.73. The van der Waals surface area contributed by atoms with Crippen LogP contribution in [0.4, 0.5) is 0 Å². The predicted octanol–water partition coefficient (Wildman–Crippen LogP) is 1.70. The third-order valence-electron chi connectivity index (χ3n) is 2.59. The molecule has 1 N–H and O–H groups in total. The number of hydrogen-bond acceptors (Lipinski definition) is 3. The lowest BCUT2D eigenvalue weighted by molar-refractivity contribution is 0.360. The molecule has 1 fully saturated rings. The van der Waals surface area contributed by atoms with Crippen LogP contribution in [0, 0.1) is 0 Å². The largest absolute Gasteiger partial charge is 0.314 e. The van der Waals surface area contributed by atoms with Gasteiger partial charge in [0.15, 0.2) is 0 Å². The molecule has 1 aromatic rings. The normalized spacial score (nSPS) is 18.2. The molecule has 1 aromatic carbocycles. The Morgan fingerprint density at radius 2 is 1.94 bits per heavy atom. The average Bonchev–Trinajstić information content (AvgIpc) is 2.29. The Labute approximate surface area is 114 Å². The van der Waals surface area contributed by atoms with E-state index in [2.05, 4.69) is 21.2 Å². The monoisotopic (exact) mass is 338 g/mol. The Balaban J connectivity index is 2.37. The zero-order valence-electron chi connectivity index (χ0n) is 8.99. The lowest BCUT2D eigenvalue weighted by Crippen LogP contribution is -2.46. The van der Waals surface area contributed by atoms with E-state index >= 15 is 0 Å². The lowest BCUT2D eigenvalue weighted by atomic mass is 10.4. The van der Waals surface area contributed by atoms with Crippen molar-refractivity contribution < 1.29 is 8.42 Å². The molecule has 1 heterocycles. The minimum absolute atomic E-state index is 0.267. The first-order chi connectivity index (χ1) is 8.01. The molecule has 7 heteroatoms. The molecule has 0 saturated carbocycles. The Kier molecular flexibility index (Phi) is 4.10. The van der Waals surface area contributed by atoms with Gasteiger partial charge in [0.1, 0.15) is 0 Å². The van der Waals surface area contributed by atoms with Gasteiger partial charge in [-0.05, 0) is 34.1 Å². The Hall–Kier alpha value is -0.140. The highest BCUT2D eigenvalue weighted by atomic mass is 79.9. The number of hydrogen-bond donors (Lipinski definition) is 1. The number of rotatable bonds is 2. The van der Waals surface area contributed by atoms with Gasteiger partial charge in [-0.3, -0.25) is 0 Å². The molecule has 1 saturated heterocycles. The average molecular weight is 340 g/mol. The van der Waals surface area contributed by atoms with E-state index in [1.807, 2.05) is 0 Å². The summed E-state index contributed by atoms with van der Waals surface area (Å²) in [5, 5.41) is 3.63. The Bertz CT molecular complexity index is 515. The Morgan fingerprint density at radius 3 is 2.53 bits per heavy atom. The third-order valence-corrected chi connectivity index (χ3v) is 5.70. The second kappa shape index (κ2) is 5.24. The Morgan fingerprint density at radius 1 is 1.29 bits per heavy atom. The topological polar surface area (TPSA) is 49.4 Å². The summed E-state index contributed by atoms with van der Waals surface area (Å²) in [7, 11) is -3.42. The first kappa shape index (κ1) is 13.3. The van der Waals surface area contributed by atoms with Gasteiger partial charge in [0, 0.05) is 35.7 Å². The van der Waals surface area contributed by atoms with E-state index in [0.717, 1.165) is 0 Å². The van der Waals surface area contributed by atoms with Crippen LogP contribution in [0.3, 0.4) is 0 Å². The summed E-state index contributed by atoms with van der Waals surface area (Å²) in [6.07, 6.45) is 0. The van der Waals surface area contributed by atoms with Crippen LogP contribution >= 0.6 is 27.5 Å². The standard InChI is InChI=1S/C10H12BrClN2O2S/c11-9-7-8(12)1-2-10(9)17(15,16)14-5-3-13-4-6-14/h1-2,7,13H,3-6H2. The molecule has 0 unspecified atom stereocenters. The van der Waals surface area contributed by atoms with E-state index in [1.54, 1.807) is 12.1 Å². The molecule has 0 atom stereocenters. The smallest absolute Gasteiger partial charge is 0.244 e. The highest BCUT2D eigenvalue weighted by Gasteiger charge is 2.27. The summed E-state index contributed by atoms with van der Waals surface area (Å²) in [5.74, 6) is 0. The van der Waals surface area contributed by atoms with Crippen molar-refractivity contribution in [3.8, 4) is 0 Å². The first-order valence-electron chi connectivity index (χ1n) is 5.18. The minimum atomic E-state index is -3.42. The van der Waals surface area contributed by atoms with Crippen LogP contribution in [0.25, 0.3) is 0 Å². The number of piperazine rings is 1. The fourth-order valence-corrected chi connectivity index (χ4v) is 4.49. The zero-order valence-corrected chi connectivity index (χ0v) is 12.1. The quantitative estimate of drug-likeness (QED) is 0.892. The van der Waals surface area contributed by atoms with Gasteiger partial charge in [-0.25, -0.2) is 8.42 Å². The molecule has 0 amide bonds. The molecule has 0 aliphatic carbocycles. The summed E-state index contributed by atoms with van der Waals surface area (Å²) >= 11 is 9.05. The summed E-state index contributed by atoms with van der Waals surface area (Å²) in [5.41, 5.74) is 0. The van der Waals surface area contributed by atoms with Crippen molar-refractivity contribution in [2.75, 3.05) is 26.2 Å². The summed E-state index contributed by atoms with van der Waals surface area (Å²) in [6.45, 7) is 2.36. The highest BCUT2D eigenvalue weighted by molar-refractivity contribution is 9.10. The van der Waals surface area contributed by atoms with Crippen LogP contribution < -0.4 is 5.32 Å². The molecule has 0 radical (unpaired) electrons. The van der Waals surface area contributed by atoms with Crippen LogP contribution in [0.5, 0.6) is 0 Å². The van der Waals surface area contributed by atoms with E-state index in [1.165, 1.54) is 10.4 Å². The van der Waals surface area contributed by atoms with Gasteiger partial charge in [-0.2, -0.15) is 4.31 Å². The van der Waals surface area contributed by atoms with Crippen LogP contribution in [0.1, 0.15) is 0 Å². The van der Waals surface area contributed by atoms with Crippen LogP contribution in [0.2, 0.25) is 5.02 Å². The van der Waals surface area contributed by atoms with E-state index in [-0.39, 0.29) is 4.90 Å². The van der Waals surface area contributed by atoms with E-state index in [0.29, 0.717) is 35.7 Å². The number of benzene rings is 1. The van der Waals surface area contributed by atoms with Crippen molar-refractivity contribution in [1.82, 2.24) is 9.62 Å². The molecule has 1 aliphatic rings. The molecule has 0 bridgehead atoms. The van der Waals surface area contributed by atoms with Crippen molar-refractivity contribution in [3.05, 3.63) is 27.7 Å². The van der Waals surface area contributed by atoms with Gasteiger partial charge in [0.2, 0.25) is 10.0 Å². The predicted molar refractivity (Wildman–Crippen MR) is 70.8 cm³/mol. The van der Waals surface area contributed by atoms with Crippen molar-refractivity contribution >= 4 is 37.6 Å². The number of sulfonamides is 1. The number of nitrogens with zero attached hydrogens (tertiary/aromatic N) is 1. The van der Waals surface area contributed by atoms with E-state index in [9.17, 15) is 8.42 Å². The third kappa shape index (κ3) is 2.82. The molecule has 2 rings (SSSR count). The molecule has 1 aliphatic heterocycles. The molecule has 17 heavy (non-hydrogen) atoms. The van der Waals surface area contributed by atoms with E-state index in [4.69, 9.17) is 11.6 Å². The maximum atomic E-state index is 12.3. The van der Waals surface area contributed by atoms with Gasteiger partial charge in [-0.1, -0.05) is 11.6 Å². The molecular weight excluding hydrogens is 328 g/mol. The maximum absolute atomic E-state index is 12.3. The number of halogens is 2. The maximum Gasteiger partial charge on any atom is 0.244 e. The molecule has 0 aromatic heterocycles. The molecular formula is C10H12BrClN2O2S. The van der Waals surface area contributed by atoms with Crippen LogP contribution in [-0.2, 0) is 10.0 Å². The van der Waals surface area contributed by atoms with Gasteiger partial charge < -0.3 is 5.32 Å². The summed E-state index contributed by atoms with van der Waals surface area (Å²) < 4.78 is 26.7. The van der Waals surface area contributed by atoms with Crippen molar-refractivity contribution in [3.63, 3.8) is 0 Å². The van der Waals surface area contributed by atoms with Crippen LogP contribution in [-0.4, -0.2) is 38.9 Å². The molecule has 4 nitrogen and oxygen atoms in total. The van der Waals surface area contributed by atoms with Gasteiger partial charge in [-0.15, -0.1) is 0 Å². The minimum Gasteiger partial charge on any atom is -0.314 e. The number of nitrogens with one attached hydrogen (secondary N) is 1. The fraction of sp³-hybridized carbons (Fsp3) is 0.400. The molecule has 94 valence electrons. The zero-order chi connectivity index (χ0) is 12.5. The second-order valence-corrected chi connectivity index (χ2v) is 6.93. The SMILES string of the molecule is O=S(=O)(c1ccc(Cl)cc1Br)N1CCNCC1. The van der Waals surface area contributed by atoms with Gasteiger partial charge in [0.25, 0.3) is 0 Å². The molecule has 0 spiro atoms. The van der Waals surface area contributed by atoms with Crippen molar-refractivity contribution in [1.29, 1.82) is 0 Å². The fourth-order valence-electron chi connectivity index (χ4n) is 1.71. The van der Waals surface area contributed by atoms with Crippen LogP contribution in [0.15, 0.2) is 27.6 Å². The first-order valence-corrected chi connectivity index (χ1v) is 7.79. The highest BCUT2D eigenvalue weighted by Crippen LogP contribution is 2.27. The van der Waals surface area contributed by atoms with Crippen molar-refractivity contribution in [2.45, 2.75) is 4.90 Å².